The molecule has 1 heterocycles. The maximum absolute atomic E-state index is 11.6. The van der Waals surface area contributed by atoms with Crippen LogP contribution in [-0.4, -0.2) is 11.1 Å². The molecule has 2 aromatic rings. The highest BCUT2D eigenvalue weighted by atomic mass is 16.5. The molecule has 1 amide bonds. The third-order valence-corrected chi connectivity index (χ3v) is 1.97. The van der Waals surface area contributed by atoms with Crippen LogP contribution in [0.1, 0.15) is 15.9 Å². The molecule has 0 fully saturated rings. The molecule has 0 aliphatic heterocycles. The van der Waals surface area contributed by atoms with Crippen molar-refractivity contribution in [2.24, 2.45) is 0 Å². The maximum atomic E-state index is 11.6. The quantitative estimate of drug-likeness (QED) is 0.824. The standard InChI is InChI=1S/C11H7N3O2/c12-5-8-1-3-9(4-2-8)11(15)14-10-6-13-16-7-10/h1-4,6-7H,(H,14,15). The van der Waals surface area contributed by atoms with Gasteiger partial charge >= 0.3 is 0 Å². The van der Waals surface area contributed by atoms with Crippen LogP contribution in [0, 0.1) is 11.3 Å². The number of anilines is 1. The number of nitrogens with zero attached hydrogens (tertiary/aromatic N) is 2. The second-order valence-electron chi connectivity index (χ2n) is 3.06. The normalized spacial score (nSPS) is 9.44. The van der Waals surface area contributed by atoms with Crippen LogP contribution in [-0.2, 0) is 0 Å². The van der Waals surface area contributed by atoms with E-state index in [4.69, 9.17) is 5.26 Å². The lowest BCUT2D eigenvalue weighted by molar-refractivity contribution is 0.102. The molecule has 0 aliphatic rings. The minimum atomic E-state index is -0.271. The third kappa shape index (κ3) is 2.07. The summed E-state index contributed by atoms with van der Waals surface area (Å²) in [5.74, 6) is -0.271. The zero-order chi connectivity index (χ0) is 11.4. The highest BCUT2D eigenvalue weighted by molar-refractivity contribution is 6.04. The van der Waals surface area contributed by atoms with Gasteiger partial charge in [0.1, 0.15) is 12.0 Å². The Hall–Kier alpha value is -2.61. The minimum absolute atomic E-state index is 0.271. The Morgan fingerprint density at radius 2 is 2.12 bits per heavy atom. The first-order valence-electron chi connectivity index (χ1n) is 4.50. The Kier molecular flexibility index (Phi) is 2.65. The molecule has 1 aromatic heterocycles. The van der Waals surface area contributed by atoms with E-state index in [1.54, 1.807) is 24.3 Å². The minimum Gasteiger partial charge on any atom is -0.363 e. The Labute approximate surface area is 91.3 Å². The van der Waals surface area contributed by atoms with Crippen LogP contribution in [0.5, 0.6) is 0 Å². The van der Waals surface area contributed by atoms with Gasteiger partial charge in [-0.15, -0.1) is 0 Å². The van der Waals surface area contributed by atoms with Gasteiger partial charge in [-0.2, -0.15) is 5.26 Å². The molecule has 0 spiro atoms. The Morgan fingerprint density at radius 1 is 1.38 bits per heavy atom. The van der Waals surface area contributed by atoms with E-state index in [1.807, 2.05) is 6.07 Å². The lowest BCUT2D eigenvalue weighted by atomic mass is 10.1. The largest absolute Gasteiger partial charge is 0.363 e. The molecule has 0 saturated heterocycles. The van der Waals surface area contributed by atoms with Gasteiger partial charge in [0.05, 0.1) is 17.8 Å². The number of hydrogen-bond donors (Lipinski definition) is 1. The fraction of sp³-hybridized carbons (Fsp3) is 0. The summed E-state index contributed by atoms with van der Waals surface area (Å²) in [5.41, 5.74) is 1.48. The van der Waals surface area contributed by atoms with Crippen LogP contribution in [0.2, 0.25) is 0 Å². The molecule has 0 aliphatic carbocycles. The number of aromatic nitrogens is 1. The van der Waals surface area contributed by atoms with Crippen molar-refractivity contribution in [3.05, 3.63) is 47.9 Å². The van der Waals surface area contributed by atoms with E-state index in [1.165, 1.54) is 12.5 Å². The molecule has 5 nitrogen and oxygen atoms in total. The van der Waals surface area contributed by atoms with Gasteiger partial charge in [-0.1, -0.05) is 5.16 Å². The van der Waals surface area contributed by atoms with Gasteiger partial charge in [0.25, 0.3) is 5.91 Å². The fourth-order valence-corrected chi connectivity index (χ4v) is 1.17. The van der Waals surface area contributed by atoms with E-state index in [-0.39, 0.29) is 5.91 Å². The SMILES string of the molecule is N#Cc1ccc(C(=O)Nc2cnoc2)cc1. The van der Waals surface area contributed by atoms with Gasteiger partial charge in [-0.25, -0.2) is 0 Å². The molecule has 0 radical (unpaired) electrons. The summed E-state index contributed by atoms with van der Waals surface area (Å²) in [5, 5.41) is 14.7. The number of carbonyl (C=O) groups excluding carboxylic acids is 1. The van der Waals surface area contributed by atoms with E-state index in [0.717, 1.165) is 0 Å². The van der Waals surface area contributed by atoms with Gasteiger partial charge in [0.2, 0.25) is 0 Å². The molecular weight excluding hydrogens is 206 g/mol. The van der Waals surface area contributed by atoms with Crippen molar-refractivity contribution >= 4 is 11.6 Å². The molecular formula is C11H7N3O2. The van der Waals surface area contributed by atoms with E-state index in [2.05, 4.69) is 15.0 Å². The van der Waals surface area contributed by atoms with E-state index in [9.17, 15) is 4.79 Å². The number of benzene rings is 1. The fourth-order valence-electron chi connectivity index (χ4n) is 1.17. The number of amides is 1. The van der Waals surface area contributed by atoms with Crippen LogP contribution in [0.25, 0.3) is 0 Å². The van der Waals surface area contributed by atoms with Crippen molar-refractivity contribution in [2.75, 3.05) is 5.32 Å². The Bertz CT molecular complexity index is 523. The lowest BCUT2D eigenvalue weighted by Gasteiger charge is -2.01. The molecule has 16 heavy (non-hydrogen) atoms. The molecule has 1 N–H and O–H groups in total. The zero-order valence-corrected chi connectivity index (χ0v) is 8.18. The van der Waals surface area contributed by atoms with Gasteiger partial charge in [0.15, 0.2) is 0 Å². The van der Waals surface area contributed by atoms with Crippen LogP contribution in [0.3, 0.4) is 0 Å². The highest BCUT2D eigenvalue weighted by Crippen LogP contribution is 2.08. The smallest absolute Gasteiger partial charge is 0.255 e. The molecule has 0 atom stereocenters. The first kappa shape index (κ1) is 9.93. The van der Waals surface area contributed by atoms with Crippen molar-refractivity contribution < 1.29 is 9.32 Å². The number of nitriles is 1. The zero-order valence-electron chi connectivity index (χ0n) is 8.18. The van der Waals surface area contributed by atoms with E-state index >= 15 is 0 Å². The summed E-state index contributed by atoms with van der Waals surface area (Å²) >= 11 is 0. The maximum Gasteiger partial charge on any atom is 0.255 e. The van der Waals surface area contributed by atoms with Crippen molar-refractivity contribution in [1.29, 1.82) is 5.26 Å². The van der Waals surface area contributed by atoms with Crippen molar-refractivity contribution in [3.8, 4) is 6.07 Å². The van der Waals surface area contributed by atoms with E-state index in [0.29, 0.717) is 16.8 Å². The van der Waals surface area contributed by atoms with Gasteiger partial charge in [0, 0.05) is 5.56 Å². The van der Waals surface area contributed by atoms with Crippen LogP contribution < -0.4 is 5.32 Å². The summed E-state index contributed by atoms with van der Waals surface area (Å²) in [6, 6.07) is 8.32. The summed E-state index contributed by atoms with van der Waals surface area (Å²) in [4.78, 5) is 11.6. The third-order valence-electron chi connectivity index (χ3n) is 1.97. The molecule has 5 heteroatoms. The average Bonchev–Trinajstić information content (AvgIpc) is 2.82. The summed E-state index contributed by atoms with van der Waals surface area (Å²) < 4.78 is 4.58. The Morgan fingerprint density at radius 3 is 2.69 bits per heavy atom. The Balaban J connectivity index is 2.12. The number of hydrogen-bond acceptors (Lipinski definition) is 4. The summed E-state index contributed by atoms with van der Waals surface area (Å²) in [7, 11) is 0. The molecule has 1 aromatic carbocycles. The summed E-state index contributed by atoms with van der Waals surface area (Å²) in [6.45, 7) is 0. The second-order valence-corrected chi connectivity index (χ2v) is 3.06. The predicted octanol–water partition coefficient (Wildman–Crippen LogP) is 1.80. The average molecular weight is 213 g/mol. The van der Waals surface area contributed by atoms with Crippen molar-refractivity contribution in [1.82, 2.24) is 5.16 Å². The monoisotopic (exact) mass is 213 g/mol. The number of carbonyl (C=O) groups is 1. The van der Waals surface area contributed by atoms with Gasteiger partial charge in [-0.3, -0.25) is 4.79 Å². The molecule has 0 unspecified atom stereocenters. The molecule has 2 rings (SSSR count). The molecule has 0 saturated carbocycles. The first-order valence-corrected chi connectivity index (χ1v) is 4.50. The van der Waals surface area contributed by atoms with Gasteiger partial charge in [-0.05, 0) is 24.3 Å². The van der Waals surface area contributed by atoms with Crippen LogP contribution in [0.15, 0.2) is 41.2 Å². The molecule has 78 valence electrons. The topological polar surface area (TPSA) is 78.9 Å². The first-order chi connectivity index (χ1) is 7.79. The number of nitrogens with one attached hydrogen (secondary N) is 1. The van der Waals surface area contributed by atoms with Gasteiger partial charge < -0.3 is 9.84 Å². The lowest BCUT2D eigenvalue weighted by Crippen LogP contribution is -2.11. The highest BCUT2D eigenvalue weighted by Gasteiger charge is 2.06. The van der Waals surface area contributed by atoms with E-state index < -0.39 is 0 Å². The van der Waals surface area contributed by atoms with Crippen molar-refractivity contribution in [3.63, 3.8) is 0 Å². The second kappa shape index (κ2) is 4.28. The predicted molar refractivity (Wildman–Crippen MR) is 55.6 cm³/mol. The van der Waals surface area contributed by atoms with Crippen molar-refractivity contribution in [2.45, 2.75) is 0 Å². The van der Waals surface area contributed by atoms with Crippen LogP contribution >= 0.6 is 0 Å². The summed E-state index contributed by atoms with van der Waals surface area (Å²) in [6.07, 6.45) is 2.74. The molecule has 0 bridgehead atoms. The van der Waals surface area contributed by atoms with Crippen LogP contribution in [0.4, 0.5) is 5.69 Å². The number of rotatable bonds is 2.